The van der Waals surface area contributed by atoms with Crippen molar-refractivity contribution in [2.75, 3.05) is 11.1 Å². The highest BCUT2D eigenvalue weighted by Gasteiger charge is 2.16. The summed E-state index contributed by atoms with van der Waals surface area (Å²) in [6.07, 6.45) is 3.74. The molecule has 1 amide bonds. The molecule has 0 aliphatic carbocycles. The summed E-state index contributed by atoms with van der Waals surface area (Å²) in [5.74, 6) is 0.706. The van der Waals surface area contributed by atoms with Gasteiger partial charge in [-0.25, -0.2) is 19.7 Å². The fraction of sp³-hybridized carbons (Fsp3) is 0.333. The quantitative estimate of drug-likeness (QED) is 0.894. The zero-order valence-electron chi connectivity index (χ0n) is 13.5. The molecule has 0 atom stereocenters. The number of aryl methyl sites for hydroxylation is 1. The number of ether oxygens (including phenoxy) is 2. The monoisotopic (exact) mass is 317 g/mol. The summed E-state index contributed by atoms with van der Waals surface area (Å²) in [6, 6.07) is 1.74. The molecule has 0 unspecified atom stereocenters. The smallest absolute Gasteiger partial charge is 0.413 e. The van der Waals surface area contributed by atoms with Crippen LogP contribution in [0.2, 0.25) is 0 Å². The number of nitrogen functional groups attached to an aromatic ring is 1. The Hall–Kier alpha value is -2.90. The van der Waals surface area contributed by atoms with Crippen molar-refractivity contribution in [2.45, 2.75) is 33.3 Å². The molecule has 0 aromatic carbocycles. The first-order chi connectivity index (χ1) is 10.7. The van der Waals surface area contributed by atoms with Crippen molar-refractivity contribution >= 4 is 17.6 Å². The van der Waals surface area contributed by atoms with Crippen molar-refractivity contribution in [3.05, 3.63) is 30.2 Å². The molecule has 8 heteroatoms. The van der Waals surface area contributed by atoms with Gasteiger partial charge in [-0.2, -0.15) is 0 Å². The van der Waals surface area contributed by atoms with Crippen LogP contribution in [0.15, 0.2) is 24.7 Å². The molecule has 0 saturated carbocycles. The van der Waals surface area contributed by atoms with E-state index in [1.165, 1.54) is 12.4 Å². The molecule has 2 aromatic rings. The lowest BCUT2D eigenvalue weighted by atomic mass is 10.2. The molecule has 0 spiro atoms. The normalized spacial score (nSPS) is 11.0. The van der Waals surface area contributed by atoms with Crippen molar-refractivity contribution < 1.29 is 14.3 Å². The fourth-order valence-corrected chi connectivity index (χ4v) is 1.61. The van der Waals surface area contributed by atoms with Crippen LogP contribution in [0.3, 0.4) is 0 Å². The predicted octanol–water partition coefficient (Wildman–Crippen LogP) is 2.90. The first-order valence-electron chi connectivity index (χ1n) is 6.95. The van der Waals surface area contributed by atoms with E-state index in [9.17, 15) is 4.79 Å². The third kappa shape index (κ3) is 5.10. The summed E-state index contributed by atoms with van der Waals surface area (Å²) in [5, 5.41) is 2.48. The lowest BCUT2D eigenvalue weighted by Crippen LogP contribution is -2.27. The number of carbonyl (C=O) groups is 1. The fourth-order valence-electron chi connectivity index (χ4n) is 1.61. The van der Waals surface area contributed by atoms with Crippen molar-refractivity contribution in [2.24, 2.45) is 0 Å². The van der Waals surface area contributed by atoms with Gasteiger partial charge < -0.3 is 15.2 Å². The summed E-state index contributed by atoms with van der Waals surface area (Å²) in [6.45, 7) is 7.20. The second-order valence-corrected chi connectivity index (χ2v) is 5.88. The van der Waals surface area contributed by atoms with Crippen LogP contribution in [-0.4, -0.2) is 26.6 Å². The number of aromatic nitrogens is 3. The zero-order valence-corrected chi connectivity index (χ0v) is 13.5. The van der Waals surface area contributed by atoms with E-state index in [0.29, 0.717) is 5.69 Å². The lowest BCUT2D eigenvalue weighted by Gasteiger charge is -2.19. The number of carbonyl (C=O) groups excluding carboxylic acids is 1. The molecular formula is C15H19N5O3. The van der Waals surface area contributed by atoms with Crippen LogP contribution in [0.5, 0.6) is 11.8 Å². The van der Waals surface area contributed by atoms with Gasteiger partial charge in [-0.05, 0) is 39.3 Å². The van der Waals surface area contributed by atoms with E-state index < -0.39 is 11.7 Å². The number of amides is 1. The molecule has 122 valence electrons. The number of anilines is 2. The Morgan fingerprint density at radius 3 is 2.48 bits per heavy atom. The topological polar surface area (TPSA) is 112 Å². The number of hydrogen-bond donors (Lipinski definition) is 2. The summed E-state index contributed by atoms with van der Waals surface area (Å²) in [7, 11) is 0. The van der Waals surface area contributed by atoms with E-state index in [1.54, 1.807) is 33.0 Å². The average Bonchev–Trinajstić information content (AvgIpc) is 2.42. The van der Waals surface area contributed by atoms with Gasteiger partial charge in [-0.15, -0.1) is 0 Å². The zero-order chi connectivity index (χ0) is 17.0. The first-order valence-corrected chi connectivity index (χ1v) is 6.95. The Morgan fingerprint density at radius 2 is 1.91 bits per heavy atom. The van der Waals surface area contributed by atoms with Gasteiger partial charge in [0.1, 0.15) is 5.60 Å². The lowest BCUT2D eigenvalue weighted by molar-refractivity contribution is 0.0635. The summed E-state index contributed by atoms with van der Waals surface area (Å²) in [5.41, 5.74) is 6.56. The molecule has 0 aliphatic heterocycles. The summed E-state index contributed by atoms with van der Waals surface area (Å²) in [4.78, 5) is 23.8. The Balaban J connectivity index is 2.01. The highest BCUT2D eigenvalue weighted by atomic mass is 16.6. The van der Waals surface area contributed by atoms with Gasteiger partial charge in [0, 0.05) is 6.20 Å². The SMILES string of the molecule is Cc1cnc(Oc2cnc(NC(=O)OC(C)(C)C)cn2)c(N)c1. The van der Waals surface area contributed by atoms with Gasteiger partial charge in [0.15, 0.2) is 5.82 Å². The van der Waals surface area contributed by atoms with Gasteiger partial charge in [0.05, 0.1) is 18.1 Å². The number of nitrogens with one attached hydrogen (secondary N) is 1. The second kappa shape index (κ2) is 6.47. The minimum absolute atomic E-state index is 0.211. The number of nitrogens with two attached hydrogens (primary N) is 1. The van der Waals surface area contributed by atoms with Crippen LogP contribution < -0.4 is 15.8 Å². The first kappa shape index (κ1) is 16.5. The maximum atomic E-state index is 11.6. The Kier molecular flexibility index (Phi) is 4.63. The van der Waals surface area contributed by atoms with Crippen LogP contribution in [0.1, 0.15) is 26.3 Å². The van der Waals surface area contributed by atoms with E-state index in [0.717, 1.165) is 5.56 Å². The molecule has 0 aliphatic rings. The molecule has 2 heterocycles. The number of hydrogen-bond acceptors (Lipinski definition) is 7. The van der Waals surface area contributed by atoms with E-state index in [4.69, 9.17) is 15.2 Å². The number of pyridine rings is 1. The molecule has 0 bridgehead atoms. The minimum Gasteiger partial charge on any atom is -0.444 e. The van der Waals surface area contributed by atoms with Crippen molar-refractivity contribution in [1.29, 1.82) is 0 Å². The molecule has 0 radical (unpaired) electrons. The Bertz CT molecular complexity index is 695. The van der Waals surface area contributed by atoms with Crippen molar-refractivity contribution in [3.8, 4) is 11.8 Å². The molecule has 0 saturated heterocycles. The molecular weight excluding hydrogens is 298 g/mol. The van der Waals surface area contributed by atoms with Gasteiger partial charge in [0.25, 0.3) is 0 Å². The maximum Gasteiger partial charge on any atom is 0.413 e. The van der Waals surface area contributed by atoms with E-state index in [1.807, 2.05) is 6.92 Å². The Morgan fingerprint density at radius 1 is 1.17 bits per heavy atom. The van der Waals surface area contributed by atoms with Crippen molar-refractivity contribution in [1.82, 2.24) is 15.0 Å². The molecule has 2 aromatic heterocycles. The third-order valence-corrected chi connectivity index (χ3v) is 2.47. The second-order valence-electron chi connectivity index (χ2n) is 5.88. The summed E-state index contributed by atoms with van der Waals surface area (Å²) < 4.78 is 10.6. The van der Waals surface area contributed by atoms with Gasteiger partial charge in [0.2, 0.25) is 11.8 Å². The van der Waals surface area contributed by atoms with Crippen LogP contribution in [0.4, 0.5) is 16.3 Å². The standard InChI is InChI=1S/C15H19N5O3/c1-9-5-10(16)13(19-6-9)22-12-8-17-11(7-18-12)20-14(21)23-15(2,3)4/h5-8H,16H2,1-4H3,(H,17,20,21). The highest BCUT2D eigenvalue weighted by molar-refractivity contribution is 5.83. The third-order valence-electron chi connectivity index (χ3n) is 2.47. The molecule has 0 fully saturated rings. The maximum absolute atomic E-state index is 11.6. The van der Waals surface area contributed by atoms with Crippen LogP contribution in [0.25, 0.3) is 0 Å². The minimum atomic E-state index is -0.607. The van der Waals surface area contributed by atoms with Crippen LogP contribution in [0, 0.1) is 6.92 Å². The van der Waals surface area contributed by atoms with Crippen LogP contribution in [-0.2, 0) is 4.74 Å². The largest absolute Gasteiger partial charge is 0.444 e. The van der Waals surface area contributed by atoms with Gasteiger partial charge >= 0.3 is 6.09 Å². The Labute approximate surface area is 134 Å². The average molecular weight is 317 g/mol. The number of rotatable bonds is 3. The highest BCUT2D eigenvalue weighted by Crippen LogP contribution is 2.23. The molecule has 23 heavy (non-hydrogen) atoms. The van der Waals surface area contributed by atoms with Gasteiger partial charge in [-0.3, -0.25) is 5.32 Å². The van der Waals surface area contributed by atoms with E-state index in [-0.39, 0.29) is 17.6 Å². The molecule has 2 rings (SSSR count). The van der Waals surface area contributed by atoms with E-state index in [2.05, 4.69) is 20.3 Å². The molecule has 3 N–H and O–H groups in total. The predicted molar refractivity (Wildman–Crippen MR) is 85.3 cm³/mol. The summed E-state index contributed by atoms with van der Waals surface area (Å²) >= 11 is 0. The van der Waals surface area contributed by atoms with E-state index >= 15 is 0 Å². The molecule has 8 nitrogen and oxygen atoms in total. The number of nitrogens with zero attached hydrogens (tertiary/aromatic N) is 3. The van der Waals surface area contributed by atoms with Crippen LogP contribution >= 0.6 is 0 Å². The van der Waals surface area contributed by atoms with Crippen molar-refractivity contribution in [3.63, 3.8) is 0 Å². The van der Waals surface area contributed by atoms with Gasteiger partial charge in [-0.1, -0.05) is 0 Å².